The standard InChI is InChI=1S/C16H19N3OS/c1-11-4-3-5-14(11)18-19-16-17-15(10-21-16)12-6-8-13(20-2)9-7-12/h6-11H,3-5H2,1-2H3,(H,17,19)/b18-14-. The molecule has 1 aliphatic carbocycles. The molecule has 1 fully saturated rings. The number of anilines is 1. The second-order valence-electron chi connectivity index (χ2n) is 5.27. The van der Waals surface area contributed by atoms with Crippen LogP contribution in [0.1, 0.15) is 26.2 Å². The summed E-state index contributed by atoms with van der Waals surface area (Å²) in [5, 5.41) is 7.39. The molecule has 0 spiro atoms. The summed E-state index contributed by atoms with van der Waals surface area (Å²) in [5.41, 5.74) is 6.41. The van der Waals surface area contributed by atoms with E-state index in [0.717, 1.165) is 28.6 Å². The summed E-state index contributed by atoms with van der Waals surface area (Å²) < 4.78 is 5.17. The molecule has 1 N–H and O–H groups in total. The highest BCUT2D eigenvalue weighted by atomic mass is 32.1. The minimum absolute atomic E-state index is 0.596. The summed E-state index contributed by atoms with van der Waals surface area (Å²) in [4.78, 5) is 4.58. The molecule has 1 unspecified atom stereocenters. The molecular formula is C16H19N3OS. The molecule has 4 nitrogen and oxygen atoms in total. The molecule has 1 aromatic carbocycles. The summed E-state index contributed by atoms with van der Waals surface area (Å²) in [5.74, 6) is 1.45. The minimum Gasteiger partial charge on any atom is -0.497 e. The monoisotopic (exact) mass is 301 g/mol. The zero-order chi connectivity index (χ0) is 14.7. The number of hydrogen-bond acceptors (Lipinski definition) is 5. The first-order valence-electron chi connectivity index (χ1n) is 7.18. The van der Waals surface area contributed by atoms with Gasteiger partial charge in [0.1, 0.15) is 5.75 Å². The molecule has 0 aliphatic heterocycles. The van der Waals surface area contributed by atoms with Gasteiger partial charge in [-0.05, 0) is 49.4 Å². The van der Waals surface area contributed by atoms with Crippen LogP contribution in [0.25, 0.3) is 11.3 Å². The van der Waals surface area contributed by atoms with Crippen LogP contribution in [-0.2, 0) is 0 Å². The van der Waals surface area contributed by atoms with Crippen molar-refractivity contribution in [2.24, 2.45) is 11.0 Å². The van der Waals surface area contributed by atoms with Crippen molar-refractivity contribution in [3.8, 4) is 17.0 Å². The molecular weight excluding hydrogens is 282 g/mol. The van der Waals surface area contributed by atoms with Gasteiger partial charge in [0.05, 0.1) is 12.8 Å². The van der Waals surface area contributed by atoms with Crippen LogP contribution in [0.2, 0.25) is 0 Å². The highest BCUT2D eigenvalue weighted by molar-refractivity contribution is 7.14. The van der Waals surface area contributed by atoms with Crippen molar-refractivity contribution in [1.29, 1.82) is 0 Å². The molecule has 0 amide bonds. The molecule has 21 heavy (non-hydrogen) atoms. The average molecular weight is 301 g/mol. The van der Waals surface area contributed by atoms with Gasteiger partial charge in [0.25, 0.3) is 0 Å². The van der Waals surface area contributed by atoms with E-state index in [0.29, 0.717) is 5.92 Å². The number of hydrogen-bond donors (Lipinski definition) is 1. The lowest BCUT2D eigenvalue weighted by atomic mass is 10.1. The number of hydrazone groups is 1. The van der Waals surface area contributed by atoms with E-state index < -0.39 is 0 Å². The van der Waals surface area contributed by atoms with Gasteiger partial charge in [-0.25, -0.2) is 4.98 Å². The fourth-order valence-electron chi connectivity index (χ4n) is 2.51. The van der Waals surface area contributed by atoms with Crippen LogP contribution in [0.15, 0.2) is 34.7 Å². The lowest BCUT2D eigenvalue weighted by Gasteiger charge is -2.03. The quantitative estimate of drug-likeness (QED) is 0.851. The lowest BCUT2D eigenvalue weighted by Crippen LogP contribution is -2.04. The maximum absolute atomic E-state index is 5.17. The molecule has 1 aliphatic rings. The Morgan fingerprint density at radius 1 is 1.33 bits per heavy atom. The van der Waals surface area contributed by atoms with Crippen LogP contribution in [0.3, 0.4) is 0 Å². The zero-order valence-corrected chi connectivity index (χ0v) is 13.1. The summed E-state index contributed by atoms with van der Waals surface area (Å²) >= 11 is 1.58. The Labute approximate surface area is 128 Å². The Balaban J connectivity index is 1.70. The Bertz CT molecular complexity index is 633. The van der Waals surface area contributed by atoms with E-state index in [-0.39, 0.29) is 0 Å². The molecule has 2 aromatic rings. The van der Waals surface area contributed by atoms with E-state index >= 15 is 0 Å². The van der Waals surface area contributed by atoms with Crippen LogP contribution in [0, 0.1) is 5.92 Å². The van der Waals surface area contributed by atoms with E-state index in [9.17, 15) is 0 Å². The van der Waals surface area contributed by atoms with Gasteiger partial charge in [-0.3, -0.25) is 5.43 Å². The Morgan fingerprint density at radius 2 is 2.14 bits per heavy atom. The minimum atomic E-state index is 0.596. The molecule has 0 radical (unpaired) electrons. The van der Waals surface area contributed by atoms with Gasteiger partial charge in [0.2, 0.25) is 5.13 Å². The van der Waals surface area contributed by atoms with Crippen molar-refractivity contribution in [2.75, 3.05) is 12.5 Å². The fourth-order valence-corrected chi connectivity index (χ4v) is 3.17. The topological polar surface area (TPSA) is 46.5 Å². The number of nitrogens with one attached hydrogen (secondary N) is 1. The molecule has 0 bridgehead atoms. The molecule has 3 rings (SSSR count). The van der Waals surface area contributed by atoms with Gasteiger partial charge in [-0.15, -0.1) is 11.3 Å². The normalized spacial score (nSPS) is 19.9. The predicted molar refractivity (Wildman–Crippen MR) is 88.2 cm³/mol. The smallest absolute Gasteiger partial charge is 0.203 e. The van der Waals surface area contributed by atoms with Crippen molar-refractivity contribution in [1.82, 2.24) is 4.98 Å². The molecule has 1 aromatic heterocycles. The van der Waals surface area contributed by atoms with Crippen molar-refractivity contribution in [3.05, 3.63) is 29.6 Å². The van der Waals surface area contributed by atoms with Gasteiger partial charge >= 0.3 is 0 Å². The first kappa shape index (κ1) is 14.1. The number of benzene rings is 1. The summed E-state index contributed by atoms with van der Waals surface area (Å²) in [7, 11) is 1.67. The number of rotatable bonds is 4. The predicted octanol–water partition coefficient (Wildman–Crippen LogP) is 4.41. The third kappa shape index (κ3) is 3.24. The van der Waals surface area contributed by atoms with Gasteiger partial charge in [-0.2, -0.15) is 5.10 Å². The summed E-state index contributed by atoms with van der Waals surface area (Å²) in [6, 6.07) is 7.93. The number of nitrogens with zero attached hydrogens (tertiary/aromatic N) is 2. The van der Waals surface area contributed by atoms with E-state index in [1.54, 1.807) is 18.4 Å². The number of ether oxygens (including phenoxy) is 1. The summed E-state index contributed by atoms with van der Waals surface area (Å²) in [6.07, 6.45) is 3.59. The van der Waals surface area contributed by atoms with Crippen LogP contribution >= 0.6 is 11.3 Å². The van der Waals surface area contributed by atoms with Crippen LogP contribution < -0.4 is 10.2 Å². The van der Waals surface area contributed by atoms with Gasteiger partial charge in [0, 0.05) is 16.7 Å². The van der Waals surface area contributed by atoms with Crippen molar-refractivity contribution >= 4 is 22.2 Å². The van der Waals surface area contributed by atoms with Gasteiger partial charge < -0.3 is 4.74 Å². The molecule has 1 atom stereocenters. The van der Waals surface area contributed by atoms with Gasteiger partial charge in [0.15, 0.2) is 0 Å². The van der Waals surface area contributed by atoms with Crippen LogP contribution in [-0.4, -0.2) is 17.8 Å². The van der Waals surface area contributed by atoms with E-state index in [1.165, 1.54) is 18.6 Å². The van der Waals surface area contributed by atoms with E-state index in [2.05, 4.69) is 22.4 Å². The summed E-state index contributed by atoms with van der Waals surface area (Å²) in [6.45, 7) is 2.23. The maximum atomic E-state index is 5.17. The van der Waals surface area contributed by atoms with Crippen molar-refractivity contribution in [3.63, 3.8) is 0 Å². The second-order valence-corrected chi connectivity index (χ2v) is 6.13. The molecule has 0 saturated heterocycles. The molecule has 1 saturated carbocycles. The van der Waals surface area contributed by atoms with Crippen LogP contribution in [0.5, 0.6) is 5.75 Å². The first-order chi connectivity index (χ1) is 10.3. The number of aromatic nitrogens is 1. The molecule has 5 heteroatoms. The lowest BCUT2D eigenvalue weighted by molar-refractivity contribution is 0.415. The average Bonchev–Trinajstić information content (AvgIpc) is 3.14. The Kier molecular flexibility index (Phi) is 4.20. The Hall–Kier alpha value is -1.88. The third-order valence-corrected chi connectivity index (χ3v) is 4.57. The number of methoxy groups -OCH3 is 1. The maximum Gasteiger partial charge on any atom is 0.203 e. The highest BCUT2D eigenvalue weighted by Crippen LogP contribution is 2.27. The van der Waals surface area contributed by atoms with E-state index in [1.807, 2.05) is 29.6 Å². The Morgan fingerprint density at radius 3 is 2.81 bits per heavy atom. The molecule has 1 heterocycles. The van der Waals surface area contributed by atoms with Crippen molar-refractivity contribution < 1.29 is 4.74 Å². The zero-order valence-electron chi connectivity index (χ0n) is 12.3. The van der Waals surface area contributed by atoms with Crippen molar-refractivity contribution in [2.45, 2.75) is 26.2 Å². The van der Waals surface area contributed by atoms with E-state index in [4.69, 9.17) is 4.74 Å². The second kappa shape index (κ2) is 6.26. The fraction of sp³-hybridized carbons (Fsp3) is 0.375. The van der Waals surface area contributed by atoms with Crippen LogP contribution in [0.4, 0.5) is 5.13 Å². The first-order valence-corrected chi connectivity index (χ1v) is 8.06. The molecule has 110 valence electrons. The highest BCUT2D eigenvalue weighted by Gasteiger charge is 2.17. The number of thiazole rings is 1. The SMILES string of the molecule is COc1ccc(-c2csc(N/N=C3/CCCC3C)n2)cc1. The largest absolute Gasteiger partial charge is 0.497 e. The van der Waals surface area contributed by atoms with Gasteiger partial charge in [-0.1, -0.05) is 6.92 Å². The third-order valence-electron chi connectivity index (χ3n) is 3.82.